The predicted octanol–water partition coefficient (Wildman–Crippen LogP) is 0.811. The molecule has 1 rings (SSSR count). The molecule has 0 spiro atoms. The summed E-state index contributed by atoms with van der Waals surface area (Å²) in [5.41, 5.74) is -0.155. The Morgan fingerprint density at radius 3 is 2.56 bits per heavy atom. The molecular weight excluding hydrogens is 238 g/mol. The van der Waals surface area contributed by atoms with Gasteiger partial charge < -0.3 is 20.2 Å². The number of nitrogens with zero attached hydrogens (tertiary/aromatic N) is 1. The highest BCUT2D eigenvalue weighted by Crippen LogP contribution is 2.23. The van der Waals surface area contributed by atoms with Crippen molar-refractivity contribution in [3.05, 3.63) is 36.4 Å². The molecule has 6 heteroatoms. The molecule has 0 bridgehead atoms. The van der Waals surface area contributed by atoms with Crippen LogP contribution in [0, 0.1) is 0 Å². The van der Waals surface area contributed by atoms with Crippen molar-refractivity contribution in [1.29, 1.82) is 0 Å². The van der Waals surface area contributed by atoms with Gasteiger partial charge in [-0.05, 0) is 18.2 Å². The summed E-state index contributed by atoms with van der Waals surface area (Å²) in [7, 11) is 0. The normalized spacial score (nSPS) is 9.78. The summed E-state index contributed by atoms with van der Waals surface area (Å²) >= 11 is 0. The fourth-order valence-corrected chi connectivity index (χ4v) is 1.40. The van der Waals surface area contributed by atoms with Crippen LogP contribution < -0.4 is 0 Å². The number of carboxylic acid groups (broad SMARTS) is 1. The SMILES string of the molecule is C=CCN(CC(=O)O)C(=O)c1cc(O)ccc1O. The highest BCUT2D eigenvalue weighted by Gasteiger charge is 2.20. The number of phenols is 2. The molecule has 0 aliphatic heterocycles. The molecular formula is C12H13NO5. The lowest BCUT2D eigenvalue weighted by molar-refractivity contribution is -0.137. The lowest BCUT2D eigenvalue weighted by atomic mass is 10.1. The first kappa shape index (κ1) is 13.6. The van der Waals surface area contributed by atoms with Crippen molar-refractivity contribution in [2.75, 3.05) is 13.1 Å². The highest BCUT2D eigenvalue weighted by molar-refractivity contribution is 5.98. The average molecular weight is 251 g/mol. The van der Waals surface area contributed by atoms with Gasteiger partial charge in [0.1, 0.15) is 18.0 Å². The molecule has 6 nitrogen and oxygen atoms in total. The van der Waals surface area contributed by atoms with E-state index in [4.69, 9.17) is 5.11 Å². The van der Waals surface area contributed by atoms with E-state index in [1.165, 1.54) is 12.1 Å². The number of carboxylic acids is 1. The average Bonchev–Trinajstić information content (AvgIpc) is 2.30. The van der Waals surface area contributed by atoms with Crippen LogP contribution in [0.3, 0.4) is 0 Å². The fourth-order valence-electron chi connectivity index (χ4n) is 1.40. The topological polar surface area (TPSA) is 98.1 Å². The van der Waals surface area contributed by atoms with Crippen LogP contribution in [0.25, 0.3) is 0 Å². The molecule has 0 aliphatic carbocycles. The van der Waals surface area contributed by atoms with E-state index in [1.54, 1.807) is 0 Å². The first-order valence-electron chi connectivity index (χ1n) is 5.09. The largest absolute Gasteiger partial charge is 0.508 e. The van der Waals surface area contributed by atoms with Crippen LogP contribution in [0.5, 0.6) is 11.5 Å². The molecule has 0 saturated heterocycles. The van der Waals surface area contributed by atoms with Gasteiger partial charge in [0.15, 0.2) is 0 Å². The Kier molecular flexibility index (Phi) is 4.31. The number of aliphatic carboxylic acids is 1. The van der Waals surface area contributed by atoms with Crippen LogP contribution in [0.15, 0.2) is 30.9 Å². The molecule has 0 fully saturated rings. The summed E-state index contributed by atoms with van der Waals surface area (Å²) in [6.45, 7) is 2.94. The third-order valence-corrected chi connectivity index (χ3v) is 2.17. The van der Waals surface area contributed by atoms with Crippen LogP contribution in [0.2, 0.25) is 0 Å². The number of hydrogen-bond donors (Lipinski definition) is 3. The highest BCUT2D eigenvalue weighted by atomic mass is 16.4. The molecule has 96 valence electrons. The minimum absolute atomic E-state index is 0.0280. The second-order valence-corrected chi connectivity index (χ2v) is 3.57. The molecule has 0 radical (unpaired) electrons. The fraction of sp³-hybridized carbons (Fsp3) is 0.167. The minimum Gasteiger partial charge on any atom is -0.508 e. The Labute approximate surface area is 103 Å². The summed E-state index contributed by atoms with van der Waals surface area (Å²) < 4.78 is 0. The quantitative estimate of drug-likeness (QED) is 0.531. The third kappa shape index (κ3) is 3.24. The Hall–Kier alpha value is -2.50. The van der Waals surface area contributed by atoms with Gasteiger partial charge in [-0.2, -0.15) is 0 Å². The second-order valence-electron chi connectivity index (χ2n) is 3.57. The Balaban J connectivity index is 3.04. The smallest absolute Gasteiger partial charge is 0.323 e. The number of phenolic OH excluding ortho intramolecular Hbond substituents is 2. The van der Waals surface area contributed by atoms with Gasteiger partial charge in [-0.15, -0.1) is 6.58 Å². The van der Waals surface area contributed by atoms with E-state index >= 15 is 0 Å². The van der Waals surface area contributed by atoms with Crippen molar-refractivity contribution in [1.82, 2.24) is 4.90 Å². The molecule has 1 aromatic rings. The van der Waals surface area contributed by atoms with E-state index in [2.05, 4.69) is 6.58 Å². The van der Waals surface area contributed by atoms with Gasteiger partial charge in [0.05, 0.1) is 5.56 Å². The van der Waals surface area contributed by atoms with Crippen LogP contribution >= 0.6 is 0 Å². The molecule has 3 N–H and O–H groups in total. The predicted molar refractivity (Wildman–Crippen MR) is 63.5 cm³/mol. The van der Waals surface area contributed by atoms with Gasteiger partial charge in [-0.25, -0.2) is 0 Å². The summed E-state index contributed by atoms with van der Waals surface area (Å²) in [6.07, 6.45) is 1.38. The lowest BCUT2D eigenvalue weighted by Crippen LogP contribution is -2.35. The van der Waals surface area contributed by atoms with E-state index in [0.717, 1.165) is 17.0 Å². The van der Waals surface area contributed by atoms with Crippen molar-refractivity contribution in [3.8, 4) is 11.5 Å². The second kappa shape index (κ2) is 5.72. The number of hydrogen-bond acceptors (Lipinski definition) is 4. The van der Waals surface area contributed by atoms with Gasteiger partial charge in [-0.1, -0.05) is 6.08 Å². The number of carbonyl (C=O) groups excluding carboxylic acids is 1. The summed E-state index contributed by atoms with van der Waals surface area (Å²) in [5.74, 6) is -2.38. The third-order valence-electron chi connectivity index (χ3n) is 2.17. The van der Waals surface area contributed by atoms with Crippen LogP contribution in [0.4, 0.5) is 0 Å². The van der Waals surface area contributed by atoms with Gasteiger partial charge in [0.2, 0.25) is 0 Å². The van der Waals surface area contributed by atoms with Crippen molar-refractivity contribution < 1.29 is 24.9 Å². The zero-order valence-corrected chi connectivity index (χ0v) is 9.54. The molecule has 1 aromatic carbocycles. The number of rotatable bonds is 5. The molecule has 0 atom stereocenters. The standard InChI is InChI=1S/C12H13NO5/c1-2-5-13(7-11(16)17)12(18)9-6-8(14)3-4-10(9)15/h2-4,6,14-15H,1,5,7H2,(H,16,17). The summed E-state index contributed by atoms with van der Waals surface area (Å²) in [4.78, 5) is 23.6. The summed E-state index contributed by atoms with van der Waals surface area (Å²) in [6, 6.07) is 3.46. The van der Waals surface area contributed by atoms with Crippen molar-refractivity contribution in [3.63, 3.8) is 0 Å². The van der Waals surface area contributed by atoms with Gasteiger partial charge >= 0.3 is 5.97 Å². The van der Waals surface area contributed by atoms with Crippen LogP contribution in [-0.2, 0) is 4.79 Å². The molecule has 0 aromatic heterocycles. The van der Waals surface area contributed by atoms with Crippen molar-refractivity contribution >= 4 is 11.9 Å². The lowest BCUT2D eigenvalue weighted by Gasteiger charge is -2.19. The first-order chi connectivity index (χ1) is 8.45. The van der Waals surface area contributed by atoms with E-state index in [9.17, 15) is 19.8 Å². The Bertz CT molecular complexity index is 483. The van der Waals surface area contributed by atoms with E-state index in [0.29, 0.717) is 0 Å². The van der Waals surface area contributed by atoms with E-state index in [-0.39, 0.29) is 23.6 Å². The molecule has 0 aliphatic rings. The van der Waals surface area contributed by atoms with E-state index in [1.807, 2.05) is 0 Å². The molecule has 0 saturated carbocycles. The van der Waals surface area contributed by atoms with Gasteiger partial charge in [0, 0.05) is 6.54 Å². The maximum Gasteiger partial charge on any atom is 0.323 e. The Morgan fingerprint density at radius 2 is 2.00 bits per heavy atom. The number of benzene rings is 1. The number of aromatic hydroxyl groups is 2. The molecule has 1 amide bonds. The zero-order chi connectivity index (χ0) is 13.7. The monoisotopic (exact) mass is 251 g/mol. The zero-order valence-electron chi connectivity index (χ0n) is 9.54. The first-order valence-corrected chi connectivity index (χ1v) is 5.09. The maximum absolute atomic E-state index is 12.0. The van der Waals surface area contributed by atoms with E-state index < -0.39 is 18.4 Å². The van der Waals surface area contributed by atoms with Crippen molar-refractivity contribution in [2.24, 2.45) is 0 Å². The molecule has 0 heterocycles. The van der Waals surface area contributed by atoms with Crippen LogP contribution in [-0.4, -0.2) is 45.2 Å². The molecule has 0 unspecified atom stereocenters. The van der Waals surface area contributed by atoms with Crippen LogP contribution in [0.1, 0.15) is 10.4 Å². The number of carbonyl (C=O) groups is 2. The minimum atomic E-state index is -1.18. The van der Waals surface area contributed by atoms with Gasteiger partial charge in [-0.3, -0.25) is 9.59 Å². The number of amides is 1. The maximum atomic E-state index is 12.0. The van der Waals surface area contributed by atoms with Gasteiger partial charge in [0.25, 0.3) is 5.91 Å². The molecule has 18 heavy (non-hydrogen) atoms. The van der Waals surface area contributed by atoms with Crippen molar-refractivity contribution in [2.45, 2.75) is 0 Å². The Morgan fingerprint density at radius 1 is 1.33 bits per heavy atom. The summed E-state index contributed by atoms with van der Waals surface area (Å²) in [5, 5.41) is 27.5.